The molecule has 0 amide bonds. The number of aromatic hydroxyl groups is 1. The van der Waals surface area contributed by atoms with Crippen molar-refractivity contribution in [3.8, 4) is 17.2 Å². The summed E-state index contributed by atoms with van der Waals surface area (Å²) in [6, 6.07) is 7.89. The van der Waals surface area contributed by atoms with Gasteiger partial charge in [0.05, 0.1) is 0 Å². The highest BCUT2D eigenvalue weighted by Gasteiger charge is 2.43. The lowest BCUT2D eigenvalue weighted by Gasteiger charge is -2.08. The molecular formula is C14H10F3NO3. The van der Waals surface area contributed by atoms with E-state index in [1.54, 1.807) is 0 Å². The molecule has 0 bridgehead atoms. The lowest BCUT2D eigenvalue weighted by Crippen LogP contribution is -2.25. The van der Waals surface area contributed by atoms with Gasteiger partial charge in [-0.15, -0.1) is 8.78 Å². The molecule has 1 heterocycles. The van der Waals surface area contributed by atoms with E-state index in [-0.39, 0.29) is 23.8 Å². The maximum Gasteiger partial charge on any atom is 0.586 e. The maximum absolute atomic E-state index is 13.1. The van der Waals surface area contributed by atoms with Gasteiger partial charge in [-0.3, -0.25) is 0 Å². The summed E-state index contributed by atoms with van der Waals surface area (Å²) in [5, 5.41) is 12.2. The zero-order valence-corrected chi connectivity index (χ0v) is 10.6. The van der Waals surface area contributed by atoms with Crippen LogP contribution in [0.15, 0.2) is 36.4 Å². The van der Waals surface area contributed by atoms with Gasteiger partial charge >= 0.3 is 6.29 Å². The molecule has 3 rings (SSSR count). The molecule has 0 fully saturated rings. The van der Waals surface area contributed by atoms with Gasteiger partial charge < -0.3 is 19.9 Å². The fourth-order valence-corrected chi connectivity index (χ4v) is 2.00. The Morgan fingerprint density at radius 2 is 1.81 bits per heavy atom. The molecule has 0 aliphatic carbocycles. The first-order valence-electron chi connectivity index (χ1n) is 6.03. The van der Waals surface area contributed by atoms with E-state index in [2.05, 4.69) is 14.8 Å². The normalized spacial score (nSPS) is 15.0. The van der Waals surface area contributed by atoms with Gasteiger partial charge in [-0.25, -0.2) is 4.39 Å². The Bertz CT molecular complexity index is 671. The van der Waals surface area contributed by atoms with Crippen molar-refractivity contribution in [2.75, 3.05) is 5.32 Å². The average Bonchev–Trinajstić information content (AvgIpc) is 2.68. The Hall–Kier alpha value is -2.57. The minimum atomic E-state index is -3.66. The third-order valence-corrected chi connectivity index (χ3v) is 2.84. The highest BCUT2D eigenvalue weighted by Crippen LogP contribution is 2.42. The summed E-state index contributed by atoms with van der Waals surface area (Å²) in [7, 11) is 0. The maximum atomic E-state index is 13.1. The highest BCUT2D eigenvalue weighted by atomic mass is 19.3. The number of hydrogen-bond donors (Lipinski definition) is 2. The monoisotopic (exact) mass is 297 g/mol. The third kappa shape index (κ3) is 2.96. The predicted octanol–water partition coefficient (Wildman–Crippen LogP) is 3.46. The third-order valence-electron chi connectivity index (χ3n) is 2.84. The Labute approximate surface area is 117 Å². The molecule has 0 aromatic heterocycles. The number of ether oxygens (including phenoxy) is 2. The minimum Gasteiger partial charge on any atom is -0.508 e. The van der Waals surface area contributed by atoms with Gasteiger partial charge in [-0.2, -0.15) is 0 Å². The molecule has 0 saturated carbocycles. The number of benzene rings is 2. The van der Waals surface area contributed by atoms with E-state index in [4.69, 9.17) is 0 Å². The Morgan fingerprint density at radius 3 is 2.57 bits per heavy atom. The molecule has 2 N–H and O–H groups in total. The summed E-state index contributed by atoms with van der Waals surface area (Å²) in [6.45, 7) is 0.210. The number of halogens is 3. The molecule has 2 aromatic carbocycles. The smallest absolute Gasteiger partial charge is 0.508 e. The van der Waals surface area contributed by atoms with Crippen LogP contribution in [0.2, 0.25) is 0 Å². The van der Waals surface area contributed by atoms with Crippen molar-refractivity contribution in [1.82, 2.24) is 0 Å². The van der Waals surface area contributed by atoms with E-state index in [0.29, 0.717) is 11.3 Å². The van der Waals surface area contributed by atoms with Crippen LogP contribution in [0, 0.1) is 5.82 Å². The first-order valence-corrected chi connectivity index (χ1v) is 6.03. The van der Waals surface area contributed by atoms with E-state index >= 15 is 0 Å². The summed E-state index contributed by atoms with van der Waals surface area (Å²) in [6.07, 6.45) is -3.66. The van der Waals surface area contributed by atoms with Crippen LogP contribution in [-0.4, -0.2) is 11.4 Å². The van der Waals surface area contributed by atoms with Crippen LogP contribution in [0.25, 0.3) is 0 Å². The average molecular weight is 297 g/mol. The molecule has 1 aliphatic rings. The largest absolute Gasteiger partial charge is 0.586 e. The second kappa shape index (κ2) is 4.76. The van der Waals surface area contributed by atoms with E-state index in [0.717, 1.165) is 6.07 Å². The standard InChI is InChI=1S/C14H10F3NO3/c15-9-3-8(4-11(19)5-9)7-18-10-1-2-12-13(6-10)21-14(16,17)20-12/h1-6,18-19H,7H2. The molecule has 0 atom stereocenters. The molecule has 0 spiro atoms. The first-order chi connectivity index (χ1) is 9.91. The van der Waals surface area contributed by atoms with Crippen molar-refractivity contribution >= 4 is 5.69 Å². The predicted molar refractivity (Wildman–Crippen MR) is 68.0 cm³/mol. The summed E-state index contributed by atoms with van der Waals surface area (Å²) in [5.41, 5.74) is 1.01. The van der Waals surface area contributed by atoms with Crippen molar-refractivity contribution < 1.29 is 27.8 Å². The van der Waals surface area contributed by atoms with E-state index < -0.39 is 12.1 Å². The fourth-order valence-electron chi connectivity index (χ4n) is 2.00. The molecular weight excluding hydrogens is 287 g/mol. The second-order valence-corrected chi connectivity index (χ2v) is 4.50. The lowest BCUT2D eigenvalue weighted by molar-refractivity contribution is -0.286. The molecule has 21 heavy (non-hydrogen) atoms. The van der Waals surface area contributed by atoms with Crippen molar-refractivity contribution in [1.29, 1.82) is 0 Å². The highest BCUT2D eigenvalue weighted by molar-refractivity contribution is 5.56. The van der Waals surface area contributed by atoms with Crippen LogP contribution in [0.5, 0.6) is 17.2 Å². The number of fused-ring (bicyclic) bond motifs is 1. The van der Waals surface area contributed by atoms with Gasteiger partial charge in [0.1, 0.15) is 11.6 Å². The topological polar surface area (TPSA) is 50.7 Å². The van der Waals surface area contributed by atoms with Crippen molar-refractivity contribution in [3.05, 3.63) is 47.8 Å². The first kappa shape index (κ1) is 13.4. The number of hydrogen-bond acceptors (Lipinski definition) is 4. The zero-order valence-electron chi connectivity index (χ0n) is 10.6. The molecule has 0 radical (unpaired) electrons. The van der Waals surface area contributed by atoms with E-state index in [1.807, 2.05) is 0 Å². The van der Waals surface area contributed by atoms with Crippen LogP contribution in [0.3, 0.4) is 0 Å². The second-order valence-electron chi connectivity index (χ2n) is 4.50. The zero-order chi connectivity index (χ0) is 15.0. The van der Waals surface area contributed by atoms with Crippen molar-refractivity contribution in [3.63, 3.8) is 0 Å². The molecule has 7 heteroatoms. The van der Waals surface area contributed by atoms with Crippen LogP contribution in [0.4, 0.5) is 18.9 Å². The molecule has 0 saturated heterocycles. The van der Waals surface area contributed by atoms with Crippen molar-refractivity contribution in [2.45, 2.75) is 12.8 Å². The van der Waals surface area contributed by atoms with E-state index in [1.165, 1.54) is 30.3 Å². The Morgan fingerprint density at radius 1 is 1.05 bits per heavy atom. The minimum absolute atomic E-state index is 0.0473. The van der Waals surface area contributed by atoms with Crippen LogP contribution >= 0.6 is 0 Å². The number of alkyl halides is 2. The van der Waals surface area contributed by atoms with Gasteiger partial charge in [0.15, 0.2) is 11.5 Å². The van der Waals surface area contributed by atoms with Gasteiger partial charge in [0.2, 0.25) is 0 Å². The summed E-state index contributed by atoms with van der Waals surface area (Å²) >= 11 is 0. The Kier molecular flexibility index (Phi) is 3.04. The quantitative estimate of drug-likeness (QED) is 0.911. The van der Waals surface area contributed by atoms with Crippen molar-refractivity contribution in [2.24, 2.45) is 0 Å². The molecule has 110 valence electrons. The SMILES string of the molecule is Oc1cc(F)cc(CNc2ccc3c(c2)OC(F)(F)O3)c1. The lowest BCUT2D eigenvalue weighted by atomic mass is 10.2. The van der Waals surface area contributed by atoms with Crippen LogP contribution < -0.4 is 14.8 Å². The molecule has 0 unspecified atom stereocenters. The van der Waals surface area contributed by atoms with Crippen LogP contribution in [0.1, 0.15) is 5.56 Å². The number of phenols is 1. The van der Waals surface area contributed by atoms with Gasteiger partial charge in [-0.1, -0.05) is 0 Å². The Balaban J connectivity index is 1.72. The van der Waals surface area contributed by atoms with Gasteiger partial charge in [-0.05, 0) is 29.8 Å². The summed E-state index contributed by atoms with van der Waals surface area (Å²) in [4.78, 5) is 0. The molecule has 4 nitrogen and oxygen atoms in total. The summed E-state index contributed by atoms with van der Waals surface area (Å²) < 4.78 is 47.5. The number of phenolic OH excluding ortho intramolecular Hbond substituents is 1. The fraction of sp³-hybridized carbons (Fsp3) is 0.143. The van der Waals surface area contributed by atoms with E-state index in [9.17, 15) is 18.3 Å². The summed E-state index contributed by atoms with van der Waals surface area (Å²) in [5.74, 6) is -0.865. The number of anilines is 1. The van der Waals surface area contributed by atoms with Gasteiger partial charge in [0, 0.05) is 24.4 Å². The molecule has 2 aromatic rings. The molecule has 1 aliphatic heterocycles. The van der Waals surface area contributed by atoms with Crippen LogP contribution in [-0.2, 0) is 6.54 Å². The van der Waals surface area contributed by atoms with Gasteiger partial charge in [0.25, 0.3) is 0 Å². The number of rotatable bonds is 3. The number of nitrogens with one attached hydrogen (secondary N) is 1.